The molecule has 0 aliphatic heterocycles. The summed E-state index contributed by atoms with van der Waals surface area (Å²) in [5.41, 5.74) is 0.674. The number of hydrogen-bond acceptors (Lipinski definition) is 8. The van der Waals surface area contributed by atoms with Crippen LogP contribution in [0.15, 0.2) is 23.0 Å². The standard InChI is InChI=1S/C20H19ClN2O6S/c1-10-15-18(25)22-17(12(21)8-11-4-5-14(28-3)13(24)9-11)23-19(15)30-16(10)20(26)29-7-6-27-2/h4-5,8-9,24H,6-7H2,1-3H3,(H,22,23,25)/b12-8-. The number of phenolic OH excluding ortho intramolecular Hbond substituents is 1. The zero-order chi connectivity index (χ0) is 21.8. The van der Waals surface area contributed by atoms with E-state index in [4.69, 9.17) is 25.8 Å². The molecule has 3 rings (SSSR count). The molecule has 1 aromatic carbocycles. The van der Waals surface area contributed by atoms with Gasteiger partial charge in [-0.2, -0.15) is 0 Å². The Morgan fingerprint density at radius 2 is 2.10 bits per heavy atom. The first-order chi connectivity index (χ1) is 14.3. The number of rotatable bonds is 7. The molecule has 10 heteroatoms. The summed E-state index contributed by atoms with van der Waals surface area (Å²) in [5, 5.41) is 10.4. The Morgan fingerprint density at radius 1 is 1.33 bits per heavy atom. The highest BCUT2D eigenvalue weighted by atomic mass is 35.5. The van der Waals surface area contributed by atoms with Gasteiger partial charge in [-0.15, -0.1) is 11.3 Å². The van der Waals surface area contributed by atoms with Gasteiger partial charge >= 0.3 is 5.97 Å². The monoisotopic (exact) mass is 450 g/mol. The van der Waals surface area contributed by atoms with Crippen molar-refractivity contribution in [2.45, 2.75) is 6.92 Å². The van der Waals surface area contributed by atoms with E-state index in [1.807, 2.05) is 0 Å². The van der Waals surface area contributed by atoms with Gasteiger partial charge < -0.3 is 24.3 Å². The number of ether oxygens (including phenoxy) is 3. The van der Waals surface area contributed by atoms with E-state index in [1.54, 1.807) is 25.1 Å². The van der Waals surface area contributed by atoms with Gasteiger partial charge in [0.25, 0.3) is 5.56 Å². The third-order valence-corrected chi connectivity index (χ3v) is 5.68. The lowest BCUT2D eigenvalue weighted by molar-refractivity contribution is 0.0393. The molecule has 0 aliphatic rings. The van der Waals surface area contributed by atoms with Gasteiger partial charge in [-0.25, -0.2) is 9.78 Å². The van der Waals surface area contributed by atoms with Crippen LogP contribution in [0.5, 0.6) is 11.5 Å². The number of carbonyl (C=O) groups excluding carboxylic acids is 1. The summed E-state index contributed by atoms with van der Waals surface area (Å²) in [6, 6.07) is 4.76. The van der Waals surface area contributed by atoms with Crippen molar-refractivity contribution in [1.82, 2.24) is 9.97 Å². The third-order valence-electron chi connectivity index (χ3n) is 4.23. The lowest BCUT2D eigenvalue weighted by Gasteiger charge is -2.04. The molecule has 0 saturated carbocycles. The molecular formula is C20H19ClN2O6S. The zero-order valence-corrected chi connectivity index (χ0v) is 18.0. The number of nitrogens with zero attached hydrogens (tertiary/aromatic N) is 1. The van der Waals surface area contributed by atoms with Crippen molar-refractivity contribution >= 4 is 50.2 Å². The highest BCUT2D eigenvalue weighted by molar-refractivity contribution is 7.20. The van der Waals surface area contributed by atoms with Crippen LogP contribution in [0.2, 0.25) is 0 Å². The second-order valence-corrected chi connectivity index (χ2v) is 7.61. The predicted octanol–water partition coefficient (Wildman–Crippen LogP) is 3.55. The number of aryl methyl sites for hydroxylation is 1. The molecule has 158 valence electrons. The van der Waals surface area contributed by atoms with E-state index in [1.165, 1.54) is 20.3 Å². The van der Waals surface area contributed by atoms with Gasteiger partial charge in [-0.3, -0.25) is 4.79 Å². The van der Waals surface area contributed by atoms with Crippen molar-refractivity contribution in [3.8, 4) is 11.5 Å². The maximum Gasteiger partial charge on any atom is 0.348 e. The van der Waals surface area contributed by atoms with Crippen LogP contribution < -0.4 is 10.3 Å². The largest absolute Gasteiger partial charge is 0.504 e. The summed E-state index contributed by atoms with van der Waals surface area (Å²) in [6.45, 7) is 2.06. The van der Waals surface area contributed by atoms with Crippen LogP contribution >= 0.6 is 22.9 Å². The first kappa shape index (κ1) is 21.8. The first-order valence-corrected chi connectivity index (χ1v) is 9.99. The summed E-state index contributed by atoms with van der Waals surface area (Å²) in [7, 11) is 2.96. The molecule has 0 bridgehead atoms. The summed E-state index contributed by atoms with van der Waals surface area (Å²) >= 11 is 7.41. The van der Waals surface area contributed by atoms with E-state index in [2.05, 4.69) is 9.97 Å². The van der Waals surface area contributed by atoms with Gasteiger partial charge in [0.15, 0.2) is 17.3 Å². The van der Waals surface area contributed by atoms with E-state index in [9.17, 15) is 14.7 Å². The third kappa shape index (κ3) is 4.48. The topological polar surface area (TPSA) is 111 Å². The van der Waals surface area contributed by atoms with E-state index in [-0.39, 0.29) is 29.8 Å². The average molecular weight is 451 g/mol. The Morgan fingerprint density at radius 3 is 2.77 bits per heavy atom. The number of aromatic nitrogens is 2. The number of halogens is 1. The Kier molecular flexibility index (Phi) is 6.76. The fourth-order valence-electron chi connectivity index (χ4n) is 2.75. The quantitative estimate of drug-likeness (QED) is 0.418. The van der Waals surface area contributed by atoms with Crippen molar-refractivity contribution < 1.29 is 24.1 Å². The predicted molar refractivity (Wildman–Crippen MR) is 116 cm³/mol. The number of methoxy groups -OCH3 is 2. The molecule has 0 atom stereocenters. The minimum absolute atomic E-state index is 0.0434. The van der Waals surface area contributed by atoms with E-state index >= 15 is 0 Å². The summed E-state index contributed by atoms with van der Waals surface area (Å²) in [6.07, 6.45) is 1.55. The molecule has 30 heavy (non-hydrogen) atoms. The van der Waals surface area contributed by atoms with Crippen LogP contribution in [0.25, 0.3) is 21.3 Å². The normalized spacial score (nSPS) is 11.7. The molecular weight excluding hydrogens is 432 g/mol. The SMILES string of the molecule is COCCOC(=O)c1sc2nc(/C(Cl)=C/c3ccc(OC)c(O)c3)[nH]c(=O)c2c1C. The molecule has 0 saturated heterocycles. The van der Waals surface area contributed by atoms with Crippen molar-refractivity contribution in [3.63, 3.8) is 0 Å². The Hall–Kier alpha value is -2.88. The van der Waals surface area contributed by atoms with Crippen LogP contribution in [0, 0.1) is 6.92 Å². The lowest BCUT2D eigenvalue weighted by Crippen LogP contribution is -2.11. The highest BCUT2D eigenvalue weighted by Gasteiger charge is 2.21. The molecule has 8 nitrogen and oxygen atoms in total. The second-order valence-electron chi connectivity index (χ2n) is 6.20. The number of nitrogens with one attached hydrogen (secondary N) is 1. The minimum atomic E-state index is -0.538. The minimum Gasteiger partial charge on any atom is -0.504 e. The molecule has 2 aromatic heterocycles. The van der Waals surface area contributed by atoms with Crippen LogP contribution in [0.1, 0.15) is 26.6 Å². The summed E-state index contributed by atoms with van der Waals surface area (Å²) in [4.78, 5) is 32.6. The van der Waals surface area contributed by atoms with Crippen molar-refractivity contribution in [3.05, 3.63) is 50.4 Å². The Labute approximate surface area is 180 Å². The van der Waals surface area contributed by atoms with E-state index in [0.717, 1.165) is 11.3 Å². The second kappa shape index (κ2) is 9.29. The number of aromatic hydroxyl groups is 1. The number of hydrogen-bond donors (Lipinski definition) is 2. The molecule has 0 aliphatic carbocycles. The number of thiophene rings is 1. The molecule has 0 radical (unpaired) electrons. The van der Waals surface area contributed by atoms with Crippen LogP contribution in [0.4, 0.5) is 0 Å². The first-order valence-electron chi connectivity index (χ1n) is 8.79. The molecule has 3 aromatic rings. The summed E-state index contributed by atoms with van der Waals surface area (Å²) in [5.74, 6) is -0.109. The average Bonchev–Trinajstić information content (AvgIpc) is 3.05. The number of H-pyrrole nitrogens is 1. The van der Waals surface area contributed by atoms with Gasteiger partial charge in [-0.05, 0) is 36.3 Å². The molecule has 0 fully saturated rings. The number of fused-ring (bicyclic) bond motifs is 1. The van der Waals surface area contributed by atoms with Gasteiger partial charge in [0.1, 0.15) is 16.3 Å². The van der Waals surface area contributed by atoms with Crippen LogP contribution in [0.3, 0.4) is 0 Å². The van der Waals surface area contributed by atoms with E-state index in [0.29, 0.717) is 32.0 Å². The van der Waals surface area contributed by atoms with Crippen molar-refractivity contribution in [2.75, 3.05) is 27.4 Å². The van der Waals surface area contributed by atoms with Crippen LogP contribution in [-0.4, -0.2) is 48.5 Å². The molecule has 0 amide bonds. The molecule has 2 N–H and O–H groups in total. The van der Waals surface area contributed by atoms with Gasteiger partial charge in [0, 0.05) is 7.11 Å². The molecule has 2 heterocycles. The van der Waals surface area contributed by atoms with Gasteiger partial charge in [0.05, 0.1) is 24.1 Å². The Balaban J connectivity index is 1.97. The summed E-state index contributed by atoms with van der Waals surface area (Å²) < 4.78 is 15.0. The Bertz CT molecular complexity index is 1180. The van der Waals surface area contributed by atoms with Crippen molar-refractivity contribution in [2.24, 2.45) is 0 Å². The molecule has 0 spiro atoms. The van der Waals surface area contributed by atoms with Crippen LogP contribution in [-0.2, 0) is 9.47 Å². The smallest absolute Gasteiger partial charge is 0.348 e. The lowest BCUT2D eigenvalue weighted by atomic mass is 10.2. The number of phenols is 1. The maximum absolute atomic E-state index is 12.6. The number of esters is 1. The fraction of sp³-hybridized carbons (Fsp3) is 0.250. The number of benzene rings is 1. The molecule has 0 unspecified atom stereocenters. The highest BCUT2D eigenvalue weighted by Crippen LogP contribution is 2.31. The maximum atomic E-state index is 12.6. The zero-order valence-electron chi connectivity index (χ0n) is 16.4. The van der Waals surface area contributed by atoms with Gasteiger partial charge in [-0.1, -0.05) is 17.7 Å². The fourth-order valence-corrected chi connectivity index (χ4v) is 4.04. The number of carbonyl (C=O) groups is 1. The number of aromatic amines is 1. The van der Waals surface area contributed by atoms with E-state index < -0.39 is 11.5 Å². The van der Waals surface area contributed by atoms with Gasteiger partial charge in [0.2, 0.25) is 0 Å². The van der Waals surface area contributed by atoms with Crippen molar-refractivity contribution in [1.29, 1.82) is 0 Å².